The van der Waals surface area contributed by atoms with E-state index in [0.29, 0.717) is 43.3 Å². The monoisotopic (exact) mass is 719 g/mol. The number of rotatable bonds is 19. The lowest BCUT2D eigenvalue weighted by atomic mass is 9.89. The fourth-order valence-electron chi connectivity index (χ4n) is 7.86. The quantitative estimate of drug-likeness (QED) is 0.111. The molecule has 4 atom stereocenters. The average molecular weight is 720 g/mol. The summed E-state index contributed by atoms with van der Waals surface area (Å²) >= 11 is 0. The molecule has 5 rings (SSSR count). The number of hydrogen-bond donors (Lipinski definition) is 3. The molecule has 3 saturated carbocycles. The third kappa shape index (κ3) is 12.5. The van der Waals surface area contributed by atoms with Gasteiger partial charge < -0.3 is 30.2 Å². The van der Waals surface area contributed by atoms with E-state index in [4.69, 9.17) is 14.2 Å². The Labute approximate surface area is 310 Å². The minimum Gasteiger partial charge on any atom is -0.469 e. The first kappa shape index (κ1) is 39.5. The van der Waals surface area contributed by atoms with Crippen molar-refractivity contribution in [2.75, 3.05) is 20.3 Å². The van der Waals surface area contributed by atoms with Crippen molar-refractivity contribution in [3.8, 4) is 0 Å². The molecule has 3 aliphatic rings. The molecule has 0 radical (unpaired) electrons. The van der Waals surface area contributed by atoms with E-state index in [0.717, 1.165) is 76.4 Å². The van der Waals surface area contributed by atoms with Crippen LogP contribution in [0, 0.1) is 5.92 Å². The number of carbonyl (C=O) groups is 3. The first-order valence-corrected chi connectivity index (χ1v) is 19.8. The SMILES string of the molecule is C=C(N[C@H]1CCCC[C@@H]1OCC1CCCCC1)c1cc(C(=O)NCCCCCC(=O)OC)nn1CC(=O)N[C@H]1CCCCC1OCc1ccccc1. The number of hydrogen-bond acceptors (Lipinski definition) is 8. The molecular weight excluding hydrogens is 658 g/mol. The summed E-state index contributed by atoms with van der Waals surface area (Å²) < 4.78 is 19.2. The van der Waals surface area contributed by atoms with E-state index in [1.165, 1.54) is 39.2 Å². The van der Waals surface area contributed by atoms with Crippen LogP contribution in [0.15, 0.2) is 43.0 Å². The van der Waals surface area contributed by atoms with E-state index in [1.54, 1.807) is 10.7 Å². The van der Waals surface area contributed by atoms with Crippen molar-refractivity contribution in [3.05, 3.63) is 59.9 Å². The van der Waals surface area contributed by atoms with Gasteiger partial charge in [-0.3, -0.25) is 19.1 Å². The molecule has 0 saturated heterocycles. The molecular formula is C41H61N5O6. The van der Waals surface area contributed by atoms with Crippen LogP contribution in [-0.2, 0) is 37.0 Å². The zero-order chi connectivity index (χ0) is 36.5. The van der Waals surface area contributed by atoms with E-state index >= 15 is 0 Å². The smallest absolute Gasteiger partial charge is 0.305 e. The van der Waals surface area contributed by atoms with Gasteiger partial charge in [-0.15, -0.1) is 0 Å². The Balaban J connectivity index is 1.23. The average Bonchev–Trinajstić information content (AvgIpc) is 3.60. The Morgan fingerprint density at radius 3 is 2.23 bits per heavy atom. The molecule has 2 aromatic rings. The summed E-state index contributed by atoms with van der Waals surface area (Å²) in [6, 6.07) is 11.8. The van der Waals surface area contributed by atoms with Crippen molar-refractivity contribution in [2.45, 2.75) is 147 Å². The van der Waals surface area contributed by atoms with Crippen LogP contribution in [0.1, 0.15) is 131 Å². The second-order valence-electron chi connectivity index (χ2n) is 14.9. The van der Waals surface area contributed by atoms with Gasteiger partial charge in [-0.2, -0.15) is 5.10 Å². The van der Waals surface area contributed by atoms with E-state index in [9.17, 15) is 14.4 Å². The Bertz CT molecular complexity index is 1420. The predicted molar refractivity (Wildman–Crippen MR) is 201 cm³/mol. The van der Waals surface area contributed by atoms with Crippen LogP contribution in [0.2, 0.25) is 0 Å². The van der Waals surface area contributed by atoms with Crippen LogP contribution in [0.5, 0.6) is 0 Å². The first-order valence-electron chi connectivity index (χ1n) is 19.8. The zero-order valence-corrected chi connectivity index (χ0v) is 31.3. The number of nitrogens with one attached hydrogen (secondary N) is 3. The van der Waals surface area contributed by atoms with Gasteiger partial charge in [0, 0.05) is 19.6 Å². The highest BCUT2D eigenvalue weighted by Crippen LogP contribution is 2.28. The van der Waals surface area contributed by atoms with Crippen LogP contribution < -0.4 is 16.0 Å². The summed E-state index contributed by atoms with van der Waals surface area (Å²) in [6.07, 6.45) is 17.1. The Morgan fingerprint density at radius 2 is 1.50 bits per heavy atom. The number of methoxy groups -OCH3 is 1. The first-order chi connectivity index (χ1) is 25.4. The molecule has 3 fully saturated rings. The van der Waals surface area contributed by atoms with Gasteiger partial charge in [0.1, 0.15) is 6.54 Å². The van der Waals surface area contributed by atoms with Crippen molar-refractivity contribution in [1.29, 1.82) is 0 Å². The number of carbonyl (C=O) groups excluding carboxylic acids is 3. The summed E-state index contributed by atoms with van der Waals surface area (Å²) in [5, 5.41) is 14.5. The normalized spacial score (nSPS) is 22.3. The van der Waals surface area contributed by atoms with E-state index < -0.39 is 0 Å². The highest BCUT2D eigenvalue weighted by Gasteiger charge is 2.30. The number of nitrogens with zero attached hydrogens (tertiary/aromatic N) is 2. The largest absolute Gasteiger partial charge is 0.469 e. The summed E-state index contributed by atoms with van der Waals surface area (Å²) in [6.45, 7) is 6.10. The van der Waals surface area contributed by atoms with Crippen molar-refractivity contribution in [3.63, 3.8) is 0 Å². The molecule has 1 heterocycles. The molecule has 0 spiro atoms. The van der Waals surface area contributed by atoms with E-state index in [-0.39, 0.29) is 54.3 Å². The molecule has 1 aromatic heterocycles. The Kier molecular flexibility index (Phi) is 16.0. The van der Waals surface area contributed by atoms with E-state index in [1.807, 2.05) is 30.3 Å². The molecule has 0 bridgehead atoms. The number of aromatic nitrogens is 2. The number of benzene rings is 1. The minimum atomic E-state index is -0.311. The summed E-state index contributed by atoms with van der Waals surface area (Å²) in [5.74, 6) is -0.0783. The molecule has 3 aliphatic carbocycles. The summed E-state index contributed by atoms with van der Waals surface area (Å²) in [4.78, 5) is 38.3. The van der Waals surface area contributed by atoms with Gasteiger partial charge in [-0.05, 0) is 68.9 Å². The maximum absolute atomic E-state index is 13.6. The highest BCUT2D eigenvalue weighted by atomic mass is 16.5. The van der Waals surface area contributed by atoms with Crippen LogP contribution >= 0.6 is 0 Å². The molecule has 1 aromatic carbocycles. The highest BCUT2D eigenvalue weighted by molar-refractivity contribution is 5.93. The third-order valence-electron chi connectivity index (χ3n) is 10.9. The minimum absolute atomic E-state index is 0.0506. The van der Waals surface area contributed by atoms with E-state index in [2.05, 4.69) is 27.6 Å². The van der Waals surface area contributed by atoms with Crippen LogP contribution in [-0.4, -0.2) is 72.1 Å². The second kappa shape index (κ2) is 21.1. The van der Waals surface area contributed by atoms with Crippen LogP contribution in [0.4, 0.5) is 0 Å². The van der Waals surface area contributed by atoms with Crippen molar-refractivity contribution in [2.24, 2.45) is 5.92 Å². The molecule has 3 N–H and O–H groups in total. The Hall–Kier alpha value is -3.70. The third-order valence-corrected chi connectivity index (χ3v) is 10.9. The Morgan fingerprint density at radius 1 is 0.827 bits per heavy atom. The van der Waals surface area contributed by atoms with Gasteiger partial charge in [0.05, 0.1) is 49.4 Å². The standard InChI is InChI=1S/C41H61N5O6/c1-30(43-33-20-11-13-22-37(33)51-28-31-16-6-3-7-17-31)36-26-35(41(49)42-25-15-5-10-24-40(48)50-2)45-46(36)27-39(47)44-34-21-12-14-23-38(34)52-29-32-18-8-4-9-19-32/h4,8-9,18-19,26,31,33-34,37-38,43H,1,3,5-7,10-17,20-25,27-29H2,2H3,(H,42,49)(H,44,47)/t33-,34-,37-,38?/m0/s1. The number of ether oxygens (including phenoxy) is 3. The fraction of sp³-hybridized carbons (Fsp3) is 0.659. The number of unbranched alkanes of at least 4 members (excludes halogenated alkanes) is 2. The van der Waals surface area contributed by atoms with Crippen LogP contribution in [0.3, 0.4) is 0 Å². The second-order valence-corrected chi connectivity index (χ2v) is 14.9. The van der Waals surface area contributed by atoms with Crippen LogP contribution in [0.25, 0.3) is 5.70 Å². The molecule has 286 valence electrons. The van der Waals surface area contributed by atoms with Crippen molar-refractivity contribution >= 4 is 23.5 Å². The fourth-order valence-corrected chi connectivity index (χ4v) is 7.86. The molecule has 0 aliphatic heterocycles. The molecule has 2 amide bonds. The summed E-state index contributed by atoms with van der Waals surface area (Å²) in [5.41, 5.74) is 2.57. The van der Waals surface area contributed by atoms with Gasteiger partial charge in [0.2, 0.25) is 5.91 Å². The lowest BCUT2D eigenvalue weighted by Gasteiger charge is -2.35. The van der Waals surface area contributed by atoms with Crippen molar-refractivity contribution in [1.82, 2.24) is 25.7 Å². The lowest BCUT2D eigenvalue weighted by molar-refractivity contribution is -0.140. The number of esters is 1. The maximum Gasteiger partial charge on any atom is 0.305 e. The zero-order valence-electron chi connectivity index (χ0n) is 31.3. The summed E-state index contributed by atoms with van der Waals surface area (Å²) in [7, 11) is 1.39. The molecule has 11 heteroatoms. The molecule has 52 heavy (non-hydrogen) atoms. The maximum atomic E-state index is 13.6. The van der Waals surface area contributed by atoms with Gasteiger partial charge in [-0.25, -0.2) is 0 Å². The molecule has 1 unspecified atom stereocenters. The van der Waals surface area contributed by atoms with Crippen molar-refractivity contribution < 1.29 is 28.6 Å². The predicted octanol–water partition coefficient (Wildman–Crippen LogP) is 6.46. The van der Waals surface area contributed by atoms with Gasteiger partial charge in [-0.1, -0.05) is 88.3 Å². The van der Waals surface area contributed by atoms with Gasteiger partial charge >= 0.3 is 5.97 Å². The van der Waals surface area contributed by atoms with Gasteiger partial charge in [0.25, 0.3) is 5.91 Å². The van der Waals surface area contributed by atoms with Gasteiger partial charge in [0.15, 0.2) is 5.69 Å². The lowest BCUT2D eigenvalue weighted by Crippen LogP contribution is -2.47. The number of amides is 2. The topological polar surface area (TPSA) is 133 Å². The molecule has 11 nitrogen and oxygen atoms in total.